The first-order valence-corrected chi connectivity index (χ1v) is 7.79. The number of rotatable bonds is 3. The number of carbonyl (C=O) groups excluding carboxylic acids is 1. The number of nitrogens with one attached hydrogen (secondary N) is 1. The Hall–Kier alpha value is -0.590. The SMILES string of the molecule is O=C(Cc1ccccc1Cl)Nc1cc(I)ccc1Br. The minimum absolute atomic E-state index is 0.0872. The number of anilines is 1. The van der Waals surface area contributed by atoms with Crippen molar-refractivity contribution in [3.8, 4) is 0 Å². The van der Waals surface area contributed by atoms with Crippen molar-refractivity contribution in [3.63, 3.8) is 0 Å². The number of hydrogen-bond donors (Lipinski definition) is 1. The molecule has 0 aliphatic rings. The first-order valence-electron chi connectivity index (χ1n) is 5.54. The van der Waals surface area contributed by atoms with Gasteiger partial charge in [-0.25, -0.2) is 0 Å². The predicted molar refractivity (Wildman–Crippen MR) is 90.6 cm³/mol. The highest BCUT2D eigenvalue weighted by atomic mass is 127. The van der Waals surface area contributed by atoms with Crippen molar-refractivity contribution in [1.29, 1.82) is 0 Å². The number of amides is 1. The average Bonchev–Trinajstić information content (AvgIpc) is 2.37. The first kappa shape index (κ1) is 14.8. The highest BCUT2D eigenvalue weighted by Crippen LogP contribution is 2.25. The summed E-state index contributed by atoms with van der Waals surface area (Å²) in [5.74, 6) is -0.0872. The molecule has 0 atom stereocenters. The highest BCUT2D eigenvalue weighted by molar-refractivity contribution is 14.1. The van der Waals surface area contributed by atoms with Crippen LogP contribution < -0.4 is 5.32 Å². The lowest BCUT2D eigenvalue weighted by atomic mass is 10.1. The van der Waals surface area contributed by atoms with Crippen molar-refractivity contribution in [2.45, 2.75) is 6.42 Å². The maximum absolute atomic E-state index is 12.0. The molecular weight excluding hydrogens is 440 g/mol. The molecular formula is C14H10BrClINO. The van der Waals surface area contributed by atoms with E-state index in [1.165, 1.54) is 0 Å². The van der Waals surface area contributed by atoms with Crippen molar-refractivity contribution < 1.29 is 4.79 Å². The average molecular weight is 451 g/mol. The lowest BCUT2D eigenvalue weighted by molar-refractivity contribution is -0.115. The molecule has 0 spiro atoms. The van der Waals surface area contributed by atoms with Crippen LogP contribution in [0.5, 0.6) is 0 Å². The summed E-state index contributed by atoms with van der Waals surface area (Å²) in [6.45, 7) is 0. The van der Waals surface area contributed by atoms with Crippen LogP contribution in [0.15, 0.2) is 46.9 Å². The third kappa shape index (κ3) is 4.19. The number of hydrogen-bond acceptors (Lipinski definition) is 1. The molecule has 2 nitrogen and oxygen atoms in total. The smallest absolute Gasteiger partial charge is 0.228 e. The summed E-state index contributed by atoms with van der Waals surface area (Å²) in [6, 6.07) is 13.1. The standard InChI is InChI=1S/C14H10BrClINO/c15-11-6-5-10(17)8-13(11)18-14(19)7-9-3-1-2-4-12(9)16/h1-6,8H,7H2,(H,18,19). The number of benzene rings is 2. The third-order valence-electron chi connectivity index (χ3n) is 2.51. The van der Waals surface area contributed by atoms with E-state index < -0.39 is 0 Å². The van der Waals surface area contributed by atoms with Gasteiger partial charge in [-0.1, -0.05) is 29.8 Å². The Morgan fingerprint density at radius 3 is 2.74 bits per heavy atom. The summed E-state index contributed by atoms with van der Waals surface area (Å²) in [7, 11) is 0. The topological polar surface area (TPSA) is 29.1 Å². The maximum atomic E-state index is 12.0. The van der Waals surface area contributed by atoms with E-state index in [9.17, 15) is 4.79 Å². The molecule has 0 saturated carbocycles. The second-order valence-corrected chi connectivity index (χ2v) is 6.45. The van der Waals surface area contributed by atoms with Crippen LogP contribution in [-0.4, -0.2) is 5.91 Å². The quantitative estimate of drug-likeness (QED) is 0.663. The van der Waals surface area contributed by atoms with Gasteiger partial charge in [0, 0.05) is 13.1 Å². The first-order chi connectivity index (χ1) is 9.06. The summed E-state index contributed by atoms with van der Waals surface area (Å²) in [6.07, 6.45) is 0.261. The summed E-state index contributed by atoms with van der Waals surface area (Å²) < 4.78 is 1.93. The molecule has 98 valence electrons. The van der Waals surface area contributed by atoms with Crippen LogP contribution >= 0.6 is 50.1 Å². The summed E-state index contributed by atoms with van der Waals surface area (Å²) in [5, 5.41) is 3.49. The minimum Gasteiger partial charge on any atom is -0.325 e. The van der Waals surface area contributed by atoms with Gasteiger partial charge in [0.2, 0.25) is 5.91 Å². The lowest BCUT2D eigenvalue weighted by Crippen LogP contribution is -2.15. The molecule has 0 aliphatic carbocycles. The van der Waals surface area contributed by atoms with E-state index in [1.54, 1.807) is 6.07 Å². The molecule has 2 aromatic rings. The fourth-order valence-electron chi connectivity index (χ4n) is 1.60. The Morgan fingerprint density at radius 2 is 2.00 bits per heavy atom. The van der Waals surface area contributed by atoms with E-state index in [0.717, 1.165) is 19.3 Å². The molecule has 0 fully saturated rings. The maximum Gasteiger partial charge on any atom is 0.228 e. The number of halogens is 3. The monoisotopic (exact) mass is 449 g/mol. The van der Waals surface area contributed by atoms with E-state index in [2.05, 4.69) is 43.8 Å². The Balaban J connectivity index is 2.10. The van der Waals surface area contributed by atoms with Gasteiger partial charge in [-0.3, -0.25) is 4.79 Å². The van der Waals surface area contributed by atoms with E-state index in [1.807, 2.05) is 36.4 Å². The van der Waals surface area contributed by atoms with Crippen LogP contribution in [0.1, 0.15) is 5.56 Å². The molecule has 0 radical (unpaired) electrons. The van der Waals surface area contributed by atoms with Gasteiger partial charge in [0.05, 0.1) is 12.1 Å². The normalized spacial score (nSPS) is 10.3. The highest BCUT2D eigenvalue weighted by Gasteiger charge is 2.09. The molecule has 0 unspecified atom stereocenters. The van der Waals surface area contributed by atoms with E-state index in [4.69, 9.17) is 11.6 Å². The summed E-state index contributed by atoms with van der Waals surface area (Å²) in [4.78, 5) is 12.0. The Labute approximate surface area is 138 Å². The molecule has 5 heteroatoms. The fourth-order valence-corrected chi connectivity index (χ4v) is 2.64. The van der Waals surface area contributed by atoms with Gasteiger partial charge in [-0.05, 0) is 68.3 Å². The van der Waals surface area contributed by atoms with Crippen molar-refractivity contribution in [2.75, 3.05) is 5.32 Å². The molecule has 0 heterocycles. The zero-order valence-electron chi connectivity index (χ0n) is 9.79. The van der Waals surface area contributed by atoms with Crippen molar-refractivity contribution in [3.05, 3.63) is 61.1 Å². The number of carbonyl (C=O) groups is 1. The van der Waals surface area contributed by atoms with E-state index in [-0.39, 0.29) is 12.3 Å². The molecule has 19 heavy (non-hydrogen) atoms. The Kier molecular flexibility index (Phi) is 5.24. The van der Waals surface area contributed by atoms with Crippen molar-refractivity contribution >= 4 is 61.7 Å². The Morgan fingerprint density at radius 1 is 1.26 bits per heavy atom. The summed E-state index contributed by atoms with van der Waals surface area (Å²) >= 11 is 11.7. The van der Waals surface area contributed by atoms with Crippen LogP contribution in [0.3, 0.4) is 0 Å². The van der Waals surface area contributed by atoms with Crippen LogP contribution in [-0.2, 0) is 11.2 Å². The Bertz CT molecular complexity index is 618. The molecule has 0 aromatic heterocycles. The largest absolute Gasteiger partial charge is 0.325 e. The van der Waals surface area contributed by atoms with Gasteiger partial charge in [-0.2, -0.15) is 0 Å². The van der Waals surface area contributed by atoms with Gasteiger partial charge in [0.15, 0.2) is 0 Å². The van der Waals surface area contributed by atoms with Crippen molar-refractivity contribution in [1.82, 2.24) is 0 Å². The van der Waals surface area contributed by atoms with Crippen LogP contribution in [0.4, 0.5) is 5.69 Å². The molecule has 2 rings (SSSR count). The molecule has 0 saturated heterocycles. The molecule has 1 amide bonds. The van der Waals surface area contributed by atoms with E-state index in [0.29, 0.717) is 5.02 Å². The minimum atomic E-state index is -0.0872. The van der Waals surface area contributed by atoms with Crippen LogP contribution in [0.25, 0.3) is 0 Å². The van der Waals surface area contributed by atoms with Gasteiger partial charge >= 0.3 is 0 Å². The molecule has 1 N–H and O–H groups in total. The van der Waals surface area contributed by atoms with Gasteiger partial charge in [0.1, 0.15) is 0 Å². The van der Waals surface area contributed by atoms with E-state index >= 15 is 0 Å². The predicted octanol–water partition coefficient (Wildman–Crippen LogP) is 4.89. The molecule has 2 aromatic carbocycles. The van der Waals surface area contributed by atoms with Gasteiger partial charge < -0.3 is 5.32 Å². The van der Waals surface area contributed by atoms with Crippen LogP contribution in [0.2, 0.25) is 5.02 Å². The zero-order chi connectivity index (χ0) is 13.8. The second kappa shape index (κ2) is 6.72. The molecule has 0 bridgehead atoms. The van der Waals surface area contributed by atoms with Gasteiger partial charge in [0.25, 0.3) is 0 Å². The van der Waals surface area contributed by atoms with Crippen molar-refractivity contribution in [2.24, 2.45) is 0 Å². The lowest BCUT2D eigenvalue weighted by Gasteiger charge is -2.08. The fraction of sp³-hybridized carbons (Fsp3) is 0.0714. The zero-order valence-corrected chi connectivity index (χ0v) is 14.3. The third-order valence-corrected chi connectivity index (χ3v) is 4.24. The van der Waals surface area contributed by atoms with Gasteiger partial charge in [-0.15, -0.1) is 0 Å². The summed E-state index contributed by atoms with van der Waals surface area (Å²) in [5.41, 5.74) is 1.59. The molecule has 0 aliphatic heterocycles. The van der Waals surface area contributed by atoms with Crippen LogP contribution in [0, 0.1) is 3.57 Å². The second-order valence-electron chi connectivity index (χ2n) is 3.94.